The van der Waals surface area contributed by atoms with Gasteiger partial charge >= 0.3 is 0 Å². The van der Waals surface area contributed by atoms with E-state index in [1.54, 1.807) is 0 Å². The first-order chi connectivity index (χ1) is 10.1. The van der Waals surface area contributed by atoms with Gasteiger partial charge < -0.3 is 5.11 Å². The summed E-state index contributed by atoms with van der Waals surface area (Å²) >= 11 is 9.83. The van der Waals surface area contributed by atoms with Crippen LogP contribution in [0.1, 0.15) is 29.5 Å². The Labute approximate surface area is 139 Å². The Hall–Kier alpha value is -0.830. The molecule has 1 N–H and O–H groups in total. The monoisotopic (exact) mass is 364 g/mol. The molecule has 1 aliphatic carbocycles. The van der Waals surface area contributed by atoms with Crippen LogP contribution in [-0.4, -0.2) is 11.7 Å². The van der Waals surface area contributed by atoms with Crippen molar-refractivity contribution in [1.82, 2.24) is 0 Å². The van der Waals surface area contributed by atoms with Crippen molar-refractivity contribution in [2.24, 2.45) is 0 Å². The number of benzene rings is 2. The summed E-state index contributed by atoms with van der Waals surface area (Å²) in [6.45, 7) is 0.163. The van der Waals surface area contributed by atoms with E-state index in [-0.39, 0.29) is 12.0 Å². The quantitative estimate of drug-likeness (QED) is 0.819. The molecule has 0 saturated carbocycles. The lowest BCUT2D eigenvalue weighted by molar-refractivity contribution is 0.173. The van der Waals surface area contributed by atoms with Crippen LogP contribution in [0.25, 0.3) is 0 Å². The number of halogens is 2. The minimum Gasteiger partial charge on any atom is -0.395 e. The van der Waals surface area contributed by atoms with E-state index >= 15 is 0 Å². The van der Waals surface area contributed by atoms with Crippen molar-refractivity contribution in [3.05, 3.63) is 68.7 Å². The van der Waals surface area contributed by atoms with Crippen molar-refractivity contribution in [2.75, 3.05) is 6.61 Å². The molecule has 3 heteroatoms. The van der Waals surface area contributed by atoms with Gasteiger partial charge in [0.05, 0.1) is 6.61 Å². The highest BCUT2D eigenvalue weighted by Crippen LogP contribution is 2.41. The highest BCUT2D eigenvalue weighted by molar-refractivity contribution is 9.10. The van der Waals surface area contributed by atoms with Crippen molar-refractivity contribution in [1.29, 1.82) is 0 Å². The molecule has 2 aromatic carbocycles. The molecule has 0 radical (unpaired) electrons. The van der Waals surface area contributed by atoms with E-state index in [1.807, 2.05) is 12.1 Å². The van der Waals surface area contributed by atoms with Crippen LogP contribution in [-0.2, 0) is 18.3 Å². The zero-order chi connectivity index (χ0) is 14.9. The van der Waals surface area contributed by atoms with E-state index in [4.69, 9.17) is 11.6 Å². The molecule has 1 nitrogen and oxygen atoms in total. The first-order valence-corrected chi connectivity index (χ1v) is 8.45. The number of aryl methyl sites for hydroxylation is 1. The van der Waals surface area contributed by atoms with Gasteiger partial charge in [0.2, 0.25) is 0 Å². The summed E-state index contributed by atoms with van der Waals surface area (Å²) in [5, 5.41) is 10.9. The molecule has 0 spiro atoms. The Bertz CT molecular complexity index is 655. The molecule has 0 fully saturated rings. The highest BCUT2D eigenvalue weighted by Gasteiger charge is 2.36. The first-order valence-electron chi connectivity index (χ1n) is 7.28. The van der Waals surface area contributed by atoms with Crippen molar-refractivity contribution >= 4 is 27.5 Å². The lowest BCUT2D eigenvalue weighted by Gasteiger charge is -2.38. The van der Waals surface area contributed by atoms with Gasteiger partial charge in [-0.1, -0.05) is 57.9 Å². The van der Waals surface area contributed by atoms with Gasteiger partial charge in [-0.3, -0.25) is 0 Å². The van der Waals surface area contributed by atoms with Crippen LogP contribution in [0.2, 0.25) is 5.02 Å². The van der Waals surface area contributed by atoms with Crippen molar-refractivity contribution in [3.63, 3.8) is 0 Å². The van der Waals surface area contributed by atoms with Crippen LogP contribution in [0.4, 0.5) is 0 Å². The van der Waals surface area contributed by atoms with E-state index in [9.17, 15) is 5.11 Å². The Kier molecular flexibility index (Phi) is 4.39. The Morgan fingerprint density at radius 2 is 2.00 bits per heavy atom. The summed E-state index contributed by atoms with van der Waals surface area (Å²) in [6, 6.07) is 14.5. The summed E-state index contributed by atoms with van der Waals surface area (Å²) in [5.74, 6) is 0. The van der Waals surface area contributed by atoms with E-state index < -0.39 is 0 Å². The molecule has 1 unspecified atom stereocenters. The first kappa shape index (κ1) is 15.1. The number of rotatable bonds is 3. The average Bonchev–Trinajstić information content (AvgIpc) is 2.50. The third-order valence-electron chi connectivity index (χ3n) is 4.54. The van der Waals surface area contributed by atoms with Gasteiger partial charge in [0.15, 0.2) is 0 Å². The molecule has 2 aromatic rings. The smallest absolute Gasteiger partial charge is 0.0531 e. The third kappa shape index (κ3) is 2.90. The van der Waals surface area contributed by atoms with E-state index in [0.717, 1.165) is 40.7 Å². The maximum atomic E-state index is 10.1. The molecule has 0 heterocycles. The molecular weight excluding hydrogens is 348 g/mol. The fourth-order valence-corrected chi connectivity index (χ4v) is 4.18. The molecule has 1 atom stereocenters. The summed E-state index contributed by atoms with van der Waals surface area (Å²) in [7, 11) is 0. The van der Waals surface area contributed by atoms with Gasteiger partial charge in [0, 0.05) is 14.9 Å². The van der Waals surface area contributed by atoms with Crippen LogP contribution in [0.3, 0.4) is 0 Å². The topological polar surface area (TPSA) is 20.2 Å². The molecule has 3 rings (SSSR count). The molecule has 1 aliphatic rings. The minimum absolute atomic E-state index is 0.163. The zero-order valence-electron chi connectivity index (χ0n) is 11.8. The fraction of sp³-hybridized carbons (Fsp3) is 0.333. The minimum atomic E-state index is -0.202. The highest BCUT2D eigenvalue weighted by atomic mass is 79.9. The SMILES string of the molecule is OCC1(Cc2ccc(Br)cc2Cl)CCCc2ccccc21. The molecule has 0 aliphatic heterocycles. The zero-order valence-corrected chi connectivity index (χ0v) is 14.1. The Morgan fingerprint density at radius 3 is 2.76 bits per heavy atom. The van der Waals surface area contributed by atoms with E-state index in [0.29, 0.717) is 0 Å². The number of aliphatic hydroxyl groups is 1. The lowest BCUT2D eigenvalue weighted by Crippen LogP contribution is -2.37. The van der Waals surface area contributed by atoms with Crippen molar-refractivity contribution in [2.45, 2.75) is 31.1 Å². The molecular formula is C18H18BrClO. The average molecular weight is 366 g/mol. The maximum absolute atomic E-state index is 10.1. The van der Waals surface area contributed by atoms with Crippen LogP contribution >= 0.6 is 27.5 Å². The largest absolute Gasteiger partial charge is 0.395 e. The van der Waals surface area contributed by atoms with E-state index in [1.165, 1.54) is 11.1 Å². The summed E-state index contributed by atoms with van der Waals surface area (Å²) in [5.41, 5.74) is 3.56. The van der Waals surface area contributed by atoms with Crippen molar-refractivity contribution < 1.29 is 5.11 Å². The molecule has 0 saturated heterocycles. The van der Waals surface area contributed by atoms with Gasteiger partial charge in [-0.2, -0.15) is 0 Å². The summed E-state index contributed by atoms with van der Waals surface area (Å²) < 4.78 is 0.985. The number of hydrogen-bond acceptors (Lipinski definition) is 1. The van der Waals surface area contributed by atoms with Gasteiger partial charge in [0.25, 0.3) is 0 Å². The fourth-order valence-electron chi connectivity index (χ4n) is 3.44. The predicted octanol–water partition coefficient (Wildman–Crippen LogP) is 4.91. The standard InChI is InChI=1S/C18H18BrClO/c19-15-8-7-14(17(20)10-15)11-18(12-21)9-3-5-13-4-1-2-6-16(13)18/h1-2,4,6-8,10,21H,3,5,9,11-12H2. The predicted molar refractivity (Wildman–Crippen MR) is 91.0 cm³/mol. The van der Waals surface area contributed by atoms with Crippen LogP contribution < -0.4 is 0 Å². The van der Waals surface area contributed by atoms with Gasteiger partial charge in [-0.05, 0) is 54.5 Å². The van der Waals surface area contributed by atoms with Gasteiger partial charge in [0.1, 0.15) is 0 Å². The number of fused-ring (bicyclic) bond motifs is 1. The molecule has 0 bridgehead atoms. The second-order valence-electron chi connectivity index (χ2n) is 5.86. The Balaban J connectivity index is 2.02. The van der Waals surface area contributed by atoms with Crippen LogP contribution in [0.5, 0.6) is 0 Å². The van der Waals surface area contributed by atoms with Gasteiger partial charge in [-0.15, -0.1) is 0 Å². The third-order valence-corrected chi connectivity index (χ3v) is 5.38. The van der Waals surface area contributed by atoms with Crippen LogP contribution in [0.15, 0.2) is 46.9 Å². The van der Waals surface area contributed by atoms with E-state index in [2.05, 4.69) is 46.3 Å². The molecule has 0 aromatic heterocycles. The lowest BCUT2D eigenvalue weighted by atomic mass is 9.67. The Morgan fingerprint density at radius 1 is 1.19 bits per heavy atom. The molecule has 110 valence electrons. The molecule has 21 heavy (non-hydrogen) atoms. The van der Waals surface area contributed by atoms with Gasteiger partial charge in [-0.25, -0.2) is 0 Å². The molecule has 0 amide bonds. The maximum Gasteiger partial charge on any atom is 0.0531 e. The number of hydrogen-bond donors (Lipinski definition) is 1. The second kappa shape index (κ2) is 6.12. The number of aliphatic hydroxyl groups excluding tert-OH is 1. The normalized spacial score (nSPS) is 21.1. The van der Waals surface area contributed by atoms with Crippen LogP contribution in [0, 0.1) is 0 Å². The van der Waals surface area contributed by atoms with Crippen molar-refractivity contribution in [3.8, 4) is 0 Å². The summed E-state index contributed by atoms with van der Waals surface area (Å²) in [4.78, 5) is 0. The second-order valence-corrected chi connectivity index (χ2v) is 7.18. The summed E-state index contributed by atoms with van der Waals surface area (Å²) in [6.07, 6.45) is 4.01.